The molecule has 5 N–H and O–H groups in total. The Kier molecular flexibility index (Phi) is 3.68. The smallest absolute Gasteiger partial charge is 0.190 e. The molecule has 17 heavy (non-hydrogen) atoms. The molecule has 0 amide bonds. The molecule has 1 aromatic heterocycles. The van der Waals surface area contributed by atoms with E-state index in [1.165, 1.54) is 6.33 Å². The molecule has 90 valence electrons. The third-order valence-corrected chi connectivity index (χ3v) is 2.29. The predicted molar refractivity (Wildman–Crippen MR) is 68.6 cm³/mol. The van der Waals surface area contributed by atoms with Crippen LogP contribution in [-0.4, -0.2) is 21.6 Å². The third-order valence-electron chi connectivity index (χ3n) is 2.04. The summed E-state index contributed by atoms with van der Waals surface area (Å²) in [6, 6.07) is 1.82. The summed E-state index contributed by atoms with van der Waals surface area (Å²) in [4.78, 5) is 8.26. The van der Waals surface area contributed by atoms with Crippen LogP contribution in [0.1, 0.15) is 6.92 Å². The van der Waals surface area contributed by atoms with Crippen LogP contribution in [0, 0.1) is 0 Å². The van der Waals surface area contributed by atoms with Gasteiger partial charge in [0.15, 0.2) is 10.9 Å². The van der Waals surface area contributed by atoms with Crippen LogP contribution >= 0.6 is 12.2 Å². The summed E-state index contributed by atoms with van der Waals surface area (Å²) in [5.74, 6) is 1.43. The molecule has 0 bridgehead atoms. The Morgan fingerprint density at radius 1 is 1.59 bits per heavy atom. The van der Waals surface area contributed by atoms with Gasteiger partial charge in [0.1, 0.15) is 12.1 Å². The second-order valence-corrected chi connectivity index (χ2v) is 3.67. The van der Waals surface area contributed by atoms with Crippen LogP contribution in [-0.2, 0) is 0 Å². The van der Waals surface area contributed by atoms with E-state index in [4.69, 9.17) is 12.2 Å². The lowest BCUT2D eigenvalue weighted by Crippen LogP contribution is -2.97. The first kappa shape index (κ1) is 11.6. The highest BCUT2D eigenvalue weighted by molar-refractivity contribution is 7.80. The van der Waals surface area contributed by atoms with Gasteiger partial charge < -0.3 is 10.6 Å². The summed E-state index contributed by atoms with van der Waals surface area (Å²) in [5, 5.41) is 8.39. The number of nitrogens with zero attached hydrogens (tertiary/aromatic N) is 3. The molecule has 1 aromatic rings. The second kappa shape index (κ2) is 5.41. The van der Waals surface area contributed by atoms with Gasteiger partial charge in [-0.1, -0.05) is 0 Å². The predicted octanol–water partition coefficient (Wildman–Crippen LogP) is -0.943. The number of aromatic nitrogens is 2. The van der Waals surface area contributed by atoms with Crippen LogP contribution in [0.2, 0.25) is 0 Å². The van der Waals surface area contributed by atoms with Crippen molar-refractivity contribution >= 4 is 29.0 Å². The minimum atomic E-state index is 0.552. The van der Waals surface area contributed by atoms with Gasteiger partial charge in [0.05, 0.1) is 12.4 Å². The van der Waals surface area contributed by atoms with Crippen molar-refractivity contribution in [3.8, 4) is 0 Å². The lowest BCUT2D eigenvalue weighted by Gasteiger charge is -2.12. The SMILES string of the molecule is CCNC(=S)Nc1cc(N2C=CN[NH2+]2)ncn1. The van der Waals surface area contributed by atoms with Crippen molar-refractivity contribution in [2.45, 2.75) is 6.92 Å². The van der Waals surface area contributed by atoms with Crippen LogP contribution in [0.3, 0.4) is 0 Å². The zero-order chi connectivity index (χ0) is 12.1. The van der Waals surface area contributed by atoms with E-state index >= 15 is 0 Å². The monoisotopic (exact) mass is 252 g/mol. The molecule has 0 radical (unpaired) electrons. The van der Waals surface area contributed by atoms with Crippen LogP contribution in [0.25, 0.3) is 0 Å². The topological polar surface area (TPSA) is 81.7 Å². The number of nitrogens with two attached hydrogens (primary N) is 1. The van der Waals surface area contributed by atoms with Crippen LogP contribution in [0.5, 0.6) is 0 Å². The lowest BCUT2D eigenvalue weighted by molar-refractivity contribution is -0.699. The Morgan fingerprint density at radius 2 is 2.47 bits per heavy atom. The number of anilines is 2. The fraction of sp³-hybridized carbons (Fsp3) is 0.222. The first-order chi connectivity index (χ1) is 8.29. The summed E-state index contributed by atoms with van der Waals surface area (Å²) in [7, 11) is 0. The van der Waals surface area contributed by atoms with Crippen LogP contribution in [0.15, 0.2) is 24.8 Å². The number of thiocarbonyl (C=S) groups is 1. The maximum absolute atomic E-state index is 5.08. The van der Waals surface area contributed by atoms with E-state index in [0.29, 0.717) is 10.9 Å². The highest BCUT2D eigenvalue weighted by Gasteiger charge is 2.12. The van der Waals surface area contributed by atoms with Crippen molar-refractivity contribution in [2.75, 3.05) is 16.9 Å². The highest BCUT2D eigenvalue weighted by atomic mass is 32.1. The summed E-state index contributed by atoms with van der Waals surface area (Å²) >= 11 is 5.08. The van der Waals surface area contributed by atoms with E-state index in [-0.39, 0.29) is 0 Å². The van der Waals surface area contributed by atoms with Gasteiger partial charge in [-0.05, 0) is 19.1 Å². The average Bonchev–Trinajstić information content (AvgIpc) is 2.83. The molecule has 0 aromatic carbocycles. The molecule has 2 rings (SSSR count). The van der Waals surface area contributed by atoms with Gasteiger partial charge in [-0.3, -0.25) is 0 Å². The molecule has 1 aliphatic heterocycles. The molecule has 0 atom stereocenters. The fourth-order valence-electron chi connectivity index (χ4n) is 1.31. The van der Waals surface area contributed by atoms with E-state index in [0.717, 1.165) is 12.4 Å². The third kappa shape index (κ3) is 3.02. The quantitative estimate of drug-likeness (QED) is 0.408. The molecular formula is C9H14N7S+. The van der Waals surface area contributed by atoms with Crippen molar-refractivity contribution in [2.24, 2.45) is 0 Å². The number of hydrogen-bond acceptors (Lipinski definition) is 5. The summed E-state index contributed by atoms with van der Waals surface area (Å²) < 4.78 is 0. The molecule has 7 nitrogen and oxygen atoms in total. The minimum Gasteiger partial charge on any atom is -0.363 e. The Morgan fingerprint density at radius 3 is 3.18 bits per heavy atom. The zero-order valence-corrected chi connectivity index (χ0v) is 10.2. The van der Waals surface area contributed by atoms with Gasteiger partial charge in [0.25, 0.3) is 0 Å². The first-order valence-electron chi connectivity index (χ1n) is 5.21. The second-order valence-electron chi connectivity index (χ2n) is 3.26. The summed E-state index contributed by atoms with van der Waals surface area (Å²) in [6.45, 7) is 2.76. The molecule has 8 heteroatoms. The largest absolute Gasteiger partial charge is 0.363 e. The minimum absolute atomic E-state index is 0.552. The lowest BCUT2D eigenvalue weighted by atomic mass is 10.5. The normalized spacial score (nSPS) is 13.4. The maximum Gasteiger partial charge on any atom is 0.190 e. The van der Waals surface area contributed by atoms with Gasteiger partial charge in [-0.25, -0.2) is 15.4 Å². The molecule has 0 spiro atoms. The fourth-order valence-corrected chi connectivity index (χ4v) is 1.56. The summed E-state index contributed by atoms with van der Waals surface area (Å²) in [6.07, 6.45) is 5.18. The summed E-state index contributed by atoms with van der Waals surface area (Å²) in [5.41, 5.74) is 4.75. The van der Waals surface area contributed by atoms with E-state index in [2.05, 4.69) is 26.0 Å². The number of quaternary nitrogens is 1. The molecule has 0 saturated carbocycles. The average molecular weight is 252 g/mol. The van der Waals surface area contributed by atoms with Crippen molar-refractivity contribution in [1.29, 1.82) is 0 Å². The van der Waals surface area contributed by atoms with E-state index in [1.54, 1.807) is 5.53 Å². The van der Waals surface area contributed by atoms with Gasteiger partial charge in [-0.2, -0.15) is 5.01 Å². The number of hydrogen-bond donors (Lipinski definition) is 4. The van der Waals surface area contributed by atoms with Crippen molar-refractivity contribution in [3.63, 3.8) is 0 Å². The first-order valence-corrected chi connectivity index (χ1v) is 5.61. The van der Waals surface area contributed by atoms with Crippen LogP contribution in [0.4, 0.5) is 11.6 Å². The Balaban J connectivity index is 2.06. The Hall–Kier alpha value is -1.93. The van der Waals surface area contributed by atoms with E-state index in [9.17, 15) is 0 Å². The van der Waals surface area contributed by atoms with Crippen LogP contribution < -0.4 is 26.6 Å². The standard InChI is InChI=1S/C9H13N7S/c1-2-10-9(17)14-7-5-8(12-6-11-7)16-4-3-13-15-16/h3-6,13,15H,2H2,1H3,(H2,10,11,12,14,17)/p+1. The van der Waals surface area contributed by atoms with E-state index in [1.807, 2.05) is 30.4 Å². The highest BCUT2D eigenvalue weighted by Crippen LogP contribution is 2.11. The number of nitrogens with one attached hydrogen (secondary N) is 3. The molecular weight excluding hydrogens is 238 g/mol. The Labute approximate surface area is 104 Å². The van der Waals surface area contributed by atoms with E-state index < -0.39 is 0 Å². The number of rotatable bonds is 3. The molecule has 0 fully saturated rings. The molecule has 0 saturated heterocycles. The zero-order valence-electron chi connectivity index (χ0n) is 9.34. The van der Waals surface area contributed by atoms with Gasteiger partial charge in [0.2, 0.25) is 0 Å². The van der Waals surface area contributed by atoms with Gasteiger partial charge in [0, 0.05) is 12.6 Å². The maximum atomic E-state index is 5.08. The molecule has 0 aliphatic carbocycles. The molecule has 2 heterocycles. The van der Waals surface area contributed by atoms with Crippen molar-refractivity contribution in [3.05, 3.63) is 24.8 Å². The molecule has 1 aliphatic rings. The Bertz CT molecular complexity index is 433. The van der Waals surface area contributed by atoms with Crippen molar-refractivity contribution < 1.29 is 5.53 Å². The van der Waals surface area contributed by atoms with Crippen molar-refractivity contribution in [1.82, 2.24) is 20.7 Å². The molecule has 0 unspecified atom stereocenters. The van der Waals surface area contributed by atoms with Gasteiger partial charge >= 0.3 is 0 Å². The van der Waals surface area contributed by atoms with Gasteiger partial charge in [-0.15, -0.1) is 5.53 Å².